The Labute approximate surface area is 189 Å². The maximum Gasteiger partial charge on any atom is 0.256 e. The average molecular weight is 445 g/mol. The maximum absolute atomic E-state index is 12.9. The smallest absolute Gasteiger partial charge is 0.256 e. The van der Waals surface area contributed by atoms with E-state index in [2.05, 4.69) is 9.88 Å². The number of fused-ring (bicyclic) bond motifs is 1. The van der Waals surface area contributed by atoms with Gasteiger partial charge in [-0.05, 0) is 58.0 Å². The van der Waals surface area contributed by atoms with Crippen LogP contribution in [0.4, 0.5) is 0 Å². The normalized spacial score (nSPS) is 25.8. The molecule has 0 aromatic carbocycles. The first-order valence-corrected chi connectivity index (χ1v) is 12.5. The molecule has 0 saturated carbocycles. The van der Waals surface area contributed by atoms with Gasteiger partial charge in [0.05, 0.1) is 23.9 Å². The van der Waals surface area contributed by atoms with Gasteiger partial charge in [0.1, 0.15) is 5.82 Å². The molecule has 4 aliphatic heterocycles. The predicted molar refractivity (Wildman–Crippen MR) is 120 cm³/mol. The number of aromatic amines is 1. The second kappa shape index (κ2) is 10.0. The molecule has 0 bridgehead atoms. The lowest BCUT2D eigenvalue weighted by Gasteiger charge is -2.39. The highest BCUT2D eigenvalue weighted by molar-refractivity contribution is 5.76. The standard InChI is InChI=1S/C24H36N4O4/c29-22(4-3-19-2-1-13-32-19)28-12-7-21-20(16-28)24(30)26-23(25-21)17-5-10-27(11-6-17)18-8-14-31-15-9-18/h17-19H,1-16H2,(H,25,26,30). The van der Waals surface area contributed by atoms with Crippen LogP contribution in [0, 0.1) is 0 Å². The summed E-state index contributed by atoms with van der Waals surface area (Å²) in [6.07, 6.45) is 8.63. The summed E-state index contributed by atoms with van der Waals surface area (Å²) in [4.78, 5) is 37.9. The van der Waals surface area contributed by atoms with Crippen molar-refractivity contribution in [3.63, 3.8) is 0 Å². The van der Waals surface area contributed by atoms with Gasteiger partial charge in [-0.25, -0.2) is 4.98 Å². The van der Waals surface area contributed by atoms with Gasteiger partial charge >= 0.3 is 0 Å². The van der Waals surface area contributed by atoms with E-state index < -0.39 is 0 Å². The number of piperidine rings is 1. The van der Waals surface area contributed by atoms with Crippen LogP contribution in [0.3, 0.4) is 0 Å². The molecule has 1 atom stereocenters. The minimum Gasteiger partial charge on any atom is -0.381 e. The zero-order valence-electron chi connectivity index (χ0n) is 19.0. The van der Waals surface area contributed by atoms with Gasteiger partial charge in [0.15, 0.2) is 0 Å². The van der Waals surface area contributed by atoms with Crippen LogP contribution in [-0.4, -0.2) is 77.3 Å². The molecule has 0 radical (unpaired) electrons. The molecular formula is C24H36N4O4. The summed E-state index contributed by atoms with van der Waals surface area (Å²) >= 11 is 0. The van der Waals surface area contributed by atoms with Crippen molar-refractivity contribution < 1.29 is 14.3 Å². The molecule has 8 nitrogen and oxygen atoms in total. The summed E-state index contributed by atoms with van der Waals surface area (Å²) in [5.74, 6) is 1.28. The highest BCUT2D eigenvalue weighted by Gasteiger charge is 2.30. The fourth-order valence-corrected chi connectivity index (χ4v) is 5.75. The zero-order chi connectivity index (χ0) is 21.9. The summed E-state index contributed by atoms with van der Waals surface area (Å²) in [6, 6.07) is 0.643. The molecule has 8 heteroatoms. The molecule has 5 rings (SSSR count). The zero-order valence-corrected chi connectivity index (χ0v) is 19.0. The SMILES string of the molecule is O=C(CCC1CCCO1)N1CCc2nc(C3CCN(C4CCOCC4)CC3)[nH]c(=O)c2C1. The van der Waals surface area contributed by atoms with Crippen molar-refractivity contribution in [1.82, 2.24) is 19.8 Å². The topological polar surface area (TPSA) is 87.8 Å². The number of aromatic nitrogens is 2. The maximum atomic E-state index is 12.9. The molecular weight excluding hydrogens is 408 g/mol. The van der Waals surface area contributed by atoms with Crippen molar-refractivity contribution in [2.45, 2.75) is 82.4 Å². The number of amides is 1. The van der Waals surface area contributed by atoms with Crippen molar-refractivity contribution in [3.05, 3.63) is 27.4 Å². The molecule has 1 N–H and O–H groups in total. The minimum atomic E-state index is -0.0616. The number of carbonyl (C=O) groups is 1. The Morgan fingerprint density at radius 1 is 1.06 bits per heavy atom. The number of nitrogens with zero attached hydrogens (tertiary/aromatic N) is 3. The van der Waals surface area contributed by atoms with E-state index in [0.29, 0.717) is 43.5 Å². The van der Waals surface area contributed by atoms with E-state index in [0.717, 1.165) is 89.4 Å². The summed E-state index contributed by atoms with van der Waals surface area (Å²) < 4.78 is 11.1. The molecule has 1 amide bonds. The second-order valence-corrected chi connectivity index (χ2v) is 9.77. The predicted octanol–water partition coefficient (Wildman–Crippen LogP) is 1.97. The quantitative estimate of drug-likeness (QED) is 0.747. The first-order chi connectivity index (χ1) is 15.7. The number of carbonyl (C=O) groups excluding carboxylic acids is 1. The fourth-order valence-electron chi connectivity index (χ4n) is 5.75. The largest absolute Gasteiger partial charge is 0.381 e. The van der Waals surface area contributed by atoms with Gasteiger partial charge < -0.3 is 24.3 Å². The third kappa shape index (κ3) is 4.92. The summed E-state index contributed by atoms with van der Waals surface area (Å²) in [5.41, 5.74) is 1.50. The molecule has 1 aromatic rings. The van der Waals surface area contributed by atoms with Crippen LogP contribution in [0.1, 0.15) is 74.4 Å². The van der Waals surface area contributed by atoms with Crippen molar-refractivity contribution >= 4 is 5.91 Å². The minimum absolute atomic E-state index is 0.0616. The first-order valence-electron chi connectivity index (χ1n) is 12.5. The Kier molecular flexibility index (Phi) is 6.90. The van der Waals surface area contributed by atoms with Crippen LogP contribution < -0.4 is 5.56 Å². The Bertz CT molecular complexity index is 852. The number of ether oxygens (including phenoxy) is 2. The van der Waals surface area contributed by atoms with E-state index in [-0.39, 0.29) is 17.6 Å². The lowest BCUT2D eigenvalue weighted by molar-refractivity contribution is -0.132. The molecule has 0 spiro atoms. The Morgan fingerprint density at radius 2 is 1.88 bits per heavy atom. The van der Waals surface area contributed by atoms with Crippen molar-refractivity contribution in [2.75, 3.05) is 39.5 Å². The van der Waals surface area contributed by atoms with Crippen LogP contribution in [0.2, 0.25) is 0 Å². The number of H-pyrrole nitrogens is 1. The lowest BCUT2D eigenvalue weighted by atomic mass is 9.93. The number of likely N-dealkylation sites (tertiary alicyclic amines) is 1. The molecule has 5 heterocycles. The van der Waals surface area contributed by atoms with E-state index >= 15 is 0 Å². The van der Waals surface area contributed by atoms with Gasteiger partial charge in [-0.3, -0.25) is 9.59 Å². The van der Waals surface area contributed by atoms with Gasteiger partial charge in [-0.15, -0.1) is 0 Å². The highest BCUT2D eigenvalue weighted by atomic mass is 16.5. The average Bonchev–Trinajstić information content (AvgIpc) is 3.37. The van der Waals surface area contributed by atoms with Crippen LogP contribution in [0.5, 0.6) is 0 Å². The third-order valence-corrected chi connectivity index (χ3v) is 7.77. The van der Waals surface area contributed by atoms with Gasteiger partial charge in [0.25, 0.3) is 5.56 Å². The number of hydrogen-bond donors (Lipinski definition) is 1. The molecule has 176 valence electrons. The van der Waals surface area contributed by atoms with E-state index in [1.807, 2.05) is 4.90 Å². The van der Waals surface area contributed by atoms with Gasteiger partial charge in [0, 0.05) is 51.2 Å². The first kappa shape index (κ1) is 22.0. The molecule has 3 saturated heterocycles. The number of rotatable bonds is 5. The van der Waals surface area contributed by atoms with Gasteiger partial charge in [-0.2, -0.15) is 0 Å². The van der Waals surface area contributed by atoms with Gasteiger partial charge in [-0.1, -0.05) is 0 Å². The van der Waals surface area contributed by atoms with E-state index in [9.17, 15) is 9.59 Å². The Hall–Kier alpha value is -1.77. The number of nitrogens with one attached hydrogen (secondary N) is 1. The monoisotopic (exact) mass is 444 g/mol. The van der Waals surface area contributed by atoms with Crippen LogP contribution in [-0.2, 0) is 27.2 Å². The molecule has 32 heavy (non-hydrogen) atoms. The fraction of sp³-hybridized carbons (Fsp3) is 0.792. The van der Waals surface area contributed by atoms with Crippen molar-refractivity contribution in [3.8, 4) is 0 Å². The van der Waals surface area contributed by atoms with Gasteiger partial charge in [0.2, 0.25) is 5.91 Å². The molecule has 0 aliphatic carbocycles. The lowest BCUT2D eigenvalue weighted by Crippen LogP contribution is -2.44. The third-order valence-electron chi connectivity index (χ3n) is 7.77. The second-order valence-electron chi connectivity index (χ2n) is 9.77. The highest BCUT2D eigenvalue weighted by Crippen LogP contribution is 2.29. The Balaban J connectivity index is 1.18. The number of hydrogen-bond acceptors (Lipinski definition) is 6. The Morgan fingerprint density at radius 3 is 2.62 bits per heavy atom. The molecule has 4 aliphatic rings. The van der Waals surface area contributed by atoms with E-state index in [4.69, 9.17) is 14.5 Å². The summed E-state index contributed by atoms with van der Waals surface area (Å²) in [5, 5.41) is 0. The summed E-state index contributed by atoms with van der Waals surface area (Å²) in [6.45, 7) is 5.70. The van der Waals surface area contributed by atoms with Crippen LogP contribution in [0.25, 0.3) is 0 Å². The van der Waals surface area contributed by atoms with Crippen LogP contribution in [0.15, 0.2) is 4.79 Å². The molecule has 3 fully saturated rings. The molecule has 1 aromatic heterocycles. The van der Waals surface area contributed by atoms with Crippen molar-refractivity contribution in [1.29, 1.82) is 0 Å². The summed E-state index contributed by atoms with van der Waals surface area (Å²) in [7, 11) is 0. The molecule has 1 unspecified atom stereocenters. The van der Waals surface area contributed by atoms with Crippen LogP contribution >= 0.6 is 0 Å². The van der Waals surface area contributed by atoms with E-state index in [1.54, 1.807) is 0 Å². The van der Waals surface area contributed by atoms with E-state index in [1.165, 1.54) is 0 Å². The van der Waals surface area contributed by atoms with Crippen molar-refractivity contribution in [2.24, 2.45) is 0 Å².